The number of likely N-dealkylation sites (N-methyl/N-ethyl adjacent to an activating group) is 1. The van der Waals surface area contributed by atoms with E-state index in [0.29, 0.717) is 10.4 Å². The Bertz CT molecular complexity index is 634. The Labute approximate surface area is 120 Å². The molecule has 1 aromatic rings. The highest BCUT2D eigenvalue weighted by Crippen LogP contribution is 2.17. The Kier molecular flexibility index (Phi) is 5.73. The van der Waals surface area contributed by atoms with Gasteiger partial charge < -0.3 is 4.74 Å². The maximum absolute atomic E-state index is 13.4. The predicted molar refractivity (Wildman–Crippen MR) is 68.2 cm³/mol. The minimum absolute atomic E-state index is 0.0878. The molecule has 0 saturated carbocycles. The van der Waals surface area contributed by atoms with Crippen molar-refractivity contribution >= 4 is 16.0 Å². The minimum Gasteiger partial charge on any atom is -0.465 e. The number of carbonyl (C=O) groups is 1. The number of carbonyl (C=O) groups excluding carboxylic acids is 1. The summed E-state index contributed by atoms with van der Waals surface area (Å²) in [5.74, 6) is -5.61. The number of halogens is 3. The summed E-state index contributed by atoms with van der Waals surface area (Å²) in [5.41, 5.74) is -0.524. The predicted octanol–water partition coefficient (Wildman–Crippen LogP) is 1.43. The second-order valence-electron chi connectivity index (χ2n) is 4.18. The molecular weight excluding hydrogens is 311 g/mol. The Morgan fingerprint density at radius 3 is 2.33 bits per heavy atom. The third-order valence-corrected chi connectivity index (χ3v) is 4.31. The van der Waals surface area contributed by atoms with Gasteiger partial charge in [-0.25, -0.2) is 21.6 Å². The molecule has 0 spiro atoms. The molecule has 0 bridgehead atoms. The lowest BCUT2D eigenvalue weighted by atomic mass is 10.2. The van der Waals surface area contributed by atoms with Gasteiger partial charge in [0.25, 0.3) is 0 Å². The number of benzene rings is 1. The fourth-order valence-electron chi connectivity index (χ4n) is 1.47. The second kappa shape index (κ2) is 6.90. The Hall–Kier alpha value is -1.61. The van der Waals surface area contributed by atoms with E-state index in [1.54, 1.807) is 6.92 Å². The molecule has 0 N–H and O–H groups in total. The number of hydrogen-bond donors (Lipinski definition) is 0. The van der Waals surface area contributed by atoms with Crippen molar-refractivity contribution in [3.63, 3.8) is 0 Å². The first kappa shape index (κ1) is 17.4. The van der Waals surface area contributed by atoms with Gasteiger partial charge in [-0.2, -0.15) is 4.31 Å². The minimum atomic E-state index is -4.08. The largest absolute Gasteiger partial charge is 0.465 e. The average molecular weight is 325 g/mol. The van der Waals surface area contributed by atoms with Gasteiger partial charge in [0.15, 0.2) is 11.6 Å². The van der Waals surface area contributed by atoms with E-state index in [1.165, 1.54) is 0 Å². The van der Waals surface area contributed by atoms with Gasteiger partial charge in [0.1, 0.15) is 12.4 Å². The molecule has 9 heteroatoms. The molecule has 1 rings (SSSR count). The van der Waals surface area contributed by atoms with Crippen LogP contribution in [0, 0.1) is 17.5 Å². The smallest absolute Gasteiger partial charge is 0.321 e. The number of hydrogen-bond acceptors (Lipinski definition) is 4. The summed E-state index contributed by atoms with van der Waals surface area (Å²) in [6, 6.07) is 0.742. The normalized spacial score (nSPS) is 11.7. The van der Waals surface area contributed by atoms with Gasteiger partial charge in [0, 0.05) is 18.7 Å². The zero-order valence-corrected chi connectivity index (χ0v) is 12.2. The first-order chi connectivity index (χ1) is 9.67. The van der Waals surface area contributed by atoms with Gasteiger partial charge in [-0.1, -0.05) is 0 Å². The highest BCUT2D eigenvalue weighted by Gasteiger charge is 2.24. The van der Waals surface area contributed by atoms with E-state index in [-0.39, 0.29) is 12.7 Å². The Morgan fingerprint density at radius 2 is 1.76 bits per heavy atom. The third kappa shape index (κ3) is 4.71. The van der Waals surface area contributed by atoms with E-state index >= 15 is 0 Å². The van der Waals surface area contributed by atoms with Gasteiger partial charge in [-0.15, -0.1) is 0 Å². The zero-order chi connectivity index (χ0) is 16.2. The topological polar surface area (TPSA) is 63.7 Å². The summed E-state index contributed by atoms with van der Waals surface area (Å²) in [7, 11) is -2.97. The maximum Gasteiger partial charge on any atom is 0.321 e. The van der Waals surface area contributed by atoms with Crippen LogP contribution >= 0.6 is 0 Å². The van der Waals surface area contributed by atoms with Gasteiger partial charge in [-0.3, -0.25) is 4.79 Å². The molecule has 0 atom stereocenters. The lowest BCUT2D eigenvalue weighted by Crippen LogP contribution is -2.34. The maximum atomic E-state index is 13.4. The van der Waals surface area contributed by atoms with Crippen LogP contribution in [0.4, 0.5) is 13.2 Å². The summed E-state index contributed by atoms with van der Waals surface area (Å²) in [6.45, 7) is 1.09. The molecule has 0 unspecified atom stereocenters. The second-order valence-corrected chi connectivity index (χ2v) is 6.25. The fourth-order valence-corrected chi connectivity index (χ4v) is 2.60. The molecule has 0 fully saturated rings. The van der Waals surface area contributed by atoms with Crippen molar-refractivity contribution in [2.45, 2.75) is 12.7 Å². The van der Waals surface area contributed by atoms with Crippen LogP contribution in [-0.4, -0.2) is 38.9 Å². The molecule has 1 aromatic carbocycles. The van der Waals surface area contributed by atoms with Crippen LogP contribution in [0.2, 0.25) is 0 Å². The summed E-state index contributed by atoms with van der Waals surface area (Å²) >= 11 is 0. The summed E-state index contributed by atoms with van der Waals surface area (Å²) in [4.78, 5) is 11.2. The van der Waals surface area contributed by atoms with Crippen molar-refractivity contribution < 1.29 is 31.1 Å². The number of rotatable bonds is 6. The first-order valence-electron chi connectivity index (χ1n) is 5.90. The molecule has 21 heavy (non-hydrogen) atoms. The Balaban J connectivity index is 2.90. The lowest BCUT2D eigenvalue weighted by molar-refractivity contribution is -0.143. The summed E-state index contributed by atoms with van der Waals surface area (Å²) in [5, 5.41) is 0. The summed E-state index contributed by atoms with van der Waals surface area (Å²) in [6.07, 6.45) is 0. The van der Waals surface area contributed by atoms with Crippen LogP contribution in [0.3, 0.4) is 0 Å². The number of nitrogens with zero attached hydrogens (tertiary/aromatic N) is 1. The molecule has 0 heterocycles. The Morgan fingerprint density at radius 1 is 1.19 bits per heavy atom. The van der Waals surface area contributed by atoms with E-state index in [9.17, 15) is 26.4 Å². The van der Waals surface area contributed by atoms with Gasteiger partial charge in [0.05, 0.1) is 12.4 Å². The highest BCUT2D eigenvalue weighted by atomic mass is 32.2. The van der Waals surface area contributed by atoms with Gasteiger partial charge in [-0.05, 0) is 13.0 Å². The SMILES string of the molecule is CCOC(=O)CN(C)S(=O)(=O)Cc1cc(F)c(F)cc1F. The van der Waals surface area contributed by atoms with Crippen LogP contribution in [0.25, 0.3) is 0 Å². The van der Waals surface area contributed by atoms with Crippen molar-refractivity contribution in [1.29, 1.82) is 0 Å². The monoisotopic (exact) mass is 325 g/mol. The number of esters is 1. The fraction of sp³-hybridized carbons (Fsp3) is 0.417. The van der Waals surface area contributed by atoms with E-state index in [4.69, 9.17) is 0 Å². The number of sulfonamides is 1. The molecule has 0 aliphatic heterocycles. The highest BCUT2D eigenvalue weighted by molar-refractivity contribution is 7.88. The first-order valence-corrected chi connectivity index (χ1v) is 7.51. The van der Waals surface area contributed by atoms with Crippen LogP contribution in [-0.2, 0) is 25.3 Å². The van der Waals surface area contributed by atoms with Crippen LogP contribution in [0.1, 0.15) is 12.5 Å². The van der Waals surface area contributed by atoms with Crippen LogP contribution in [0.15, 0.2) is 12.1 Å². The molecule has 0 radical (unpaired) electrons. The molecule has 0 aliphatic carbocycles. The molecule has 0 aliphatic rings. The molecule has 0 aromatic heterocycles. The van der Waals surface area contributed by atoms with E-state index < -0.39 is 51.3 Å². The third-order valence-electron chi connectivity index (χ3n) is 2.56. The molecule has 0 amide bonds. The van der Waals surface area contributed by atoms with E-state index in [1.807, 2.05) is 0 Å². The number of ether oxygens (including phenoxy) is 1. The standard InChI is InChI=1S/C12H14F3NO4S/c1-3-20-12(17)6-16(2)21(18,19)7-8-4-10(14)11(15)5-9(8)13/h4-5H,3,6-7H2,1-2H3. The zero-order valence-electron chi connectivity index (χ0n) is 11.4. The van der Waals surface area contributed by atoms with Gasteiger partial charge in [0.2, 0.25) is 10.0 Å². The summed E-state index contributed by atoms with van der Waals surface area (Å²) < 4.78 is 68.3. The quantitative estimate of drug-likeness (QED) is 0.586. The van der Waals surface area contributed by atoms with Crippen molar-refractivity contribution in [3.8, 4) is 0 Å². The van der Waals surface area contributed by atoms with Crippen LogP contribution in [0.5, 0.6) is 0 Å². The molecular formula is C12H14F3NO4S. The van der Waals surface area contributed by atoms with Crippen molar-refractivity contribution in [3.05, 3.63) is 35.1 Å². The van der Waals surface area contributed by atoms with E-state index in [2.05, 4.69) is 4.74 Å². The van der Waals surface area contributed by atoms with Crippen molar-refractivity contribution in [2.75, 3.05) is 20.2 Å². The van der Waals surface area contributed by atoms with Crippen LogP contribution < -0.4 is 0 Å². The van der Waals surface area contributed by atoms with Crippen molar-refractivity contribution in [2.24, 2.45) is 0 Å². The molecule has 0 saturated heterocycles. The lowest BCUT2D eigenvalue weighted by Gasteiger charge is -2.16. The van der Waals surface area contributed by atoms with E-state index in [0.717, 1.165) is 7.05 Å². The average Bonchev–Trinajstić information content (AvgIpc) is 2.35. The van der Waals surface area contributed by atoms with Crippen molar-refractivity contribution in [1.82, 2.24) is 4.31 Å². The molecule has 5 nitrogen and oxygen atoms in total. The van der Waals surface area contributed by atoms with Gasteiger partial charge >= 0.3 is 5.97 Å². The molecule has 118 valence electrons.